The maximum atomic E-state index is 12.0. The highest BCUT2D eigenvalue weighted by Gasteiger charge is 2.33. The second kappa shape index (κ2) is 5.93. The molecule has 2 aromatic rings. The van der Waals surface area contributed by atoms with E-state index in [9.17, 15) is 4.79 Å². The van der Waals surface area contributed by atoms with E-state index in [1.54, 1.807) is 6.92 Å². The number of nitrogens with one attached hydrogen (secondary N) is 1. The first-order chi connectivity index (χ1) is 11.2. The quantitative estimate of drug-likeness (QED) is 0.657. The Balaban J connectivity index is 2.26. The van der Waals surface area contributed by atoms with Gasteiger partial charge in [-0.15, -0.1) is 0 Å². The maximum absolute atomic E-state index is 12.0. The van der Waals surface area contributed by atoms with Gasteiger partial charge in [0.2, 0.25) is 0 Å². The van der Waals surface area contributed by atoms with Crippen molar-refractivity contribution in [1.29, 1.82) is 0 Å². The lowest BCUT2D eigenvalue weighted by molar-refractivity contribution is 0.101. The van der Waals surface area contributed by atoms with Crippen molar-refractivity contribution in [3.63, 3.8) is 0 Å². The minimum Gasteiger partial charge on any atom is -0.380 e. The average molecular weight is 342 g/mol. The van der Waals surface area contributed by atoms with E-state index >= 15 is 0 Å². The Labute approximate surface area is 149 Å². The zero-order valence-electron chi connectivity index (χ0n) is 15.0. The Morgan fingerprint density at radius 3 is 2.58 bits per heavy atom. The van der Waals surface area contributed by atoms with Gasteiger partial charge in [0.05, 0.1) is 5.02 Å². The van der Waals surface area contributed by atoms with Crippen molar-refractivity contribution < 1.29 is 4.79 Å². The molecule has 0 amide bonds. The van der Waals surface area contributed by atoms with E-state index in [0.29, 0.717) is 5.92 Å². The first-order valence-corrected chi connectivity index (χ1v) is 8.80. The molecule has 2 nitrogen and oxygen atoms in total. The average Bonchev–Trinajstić information content (AvgIpc) is 2.49. The van der Waals surface area contributed by atoms with E-state index in [0.717, 1.165) is 33.8 Å². The lowest BCUT2D eigenvalue weighted by atomic mass is 9.79. The van der Waals surface area contributed by atoms with Crippen LogP contribution in [0.5, 0.6) is 0 Å². The second-order valence-corrected chi connectivity index (χ2v) is 7.94. The largest absolute Gasteiger partial charge is 0.380 e. The summed E-state index contributed by atoms with van der Waals surface area (Å²) >= 11 is 6.85. The van der Waals surface area contributed by atoms with Gasteiger partial charge < -0.3 is 5.32 Å². The molecule has 1 aliphatic heterocycles. The van der Waals surface area contributed by atoms with Crippen molar-refractivity contribution in [2.45, 2.75) is 52.5 Å². The number of Topliss-reactive ketones (excluding diaryl/α,β-unsaturated/α-hetero) is 1. The van der Waals surface area contributed by atoms with Gasteiger partial charge in [-0.1, -0.05) is 42.8 Å². The Bertz CT molecular complexity index is 823. The molecule has 1 aliphatic rings. The van der Waals surface area contributed by atoms with Crippen LogP contribution < -0.4 is 5.32 Å². The monoisotopic (exact) mass is 341 g/mol. The van der Waals surface area contributed by atoms with Gasteiger partial charge in [-0.3, -0.25) is 4.79 Å². The summed E-state index contributed by atoms with van der Waals surface area (Å²) in [6.07, 6.45) is 1.02. The summed E-state index contributed by atoms with van der Waals surface area (Å²) in [6, 6.07) is 9.80. The molecule has 2 aromatic carbocycles. The lowest BCUT2D eigenvalue weighted by Crippen LogP contribution is -2.37. The predicted octanol–water partition coefficient (Wildman–Crippen LogP) is 6.22. The number of carbonyl (C=O) groups is 1. The van der Waals surface area contributed by atoms with Crippen LogP contribution >= 0.6 is 11.6 Å². The van der Waals surface area contributed by atoms with Crippen LogP contribution in [0.15, 0.2) is 30.3 Å². The summed E-state index contributed by atoms with van der Waals surface area (Å²) in [5.41, 5.74) is 6.12. The molecule has 1 N–H and O–H groups in total. The SMILES string of the molecule is CC(=O)c1ccccc1-c1cc(C)c2c(c1Cl)C(C)CC(C)(C)N2. The zero-order valence-corrected chi connectivity index (χ0v) is 15.7. The minimum atomic E-state index is 0.0549. The van der Waals surface area contributed by atoms with Crippen LogP contribution in [0.3, 0.4) is 0 Å². The van der Waals surface area contributed by atoms with Gasteiger partial charge in [0.25, 0.3) is 0 Å². The predicted molar refractivity (Wildman–Crippen MR) is 102 cm³/mol. The molecule has 1 unspecified atom stereocenters. The molecule has 0 fully saturated rings. The van der Waals surface area contributed by atoms with Crippen LogP contribution in [0.1, 0.15) is 61.5 Å². The Kier molecular flexibility index (Phi) is 4.21. The number of hydrogen-bond acceptors (Lipinski definition) is 2. The van der Waals surface area contributed by atoms with Gasteiger partial charge in [-0.25, -0.2) is 0 Å². The van der Waals surface area contributed by atoms with Gasteiger partial charge in [-0.05, 0) is 62.8 Å². The lowest BCUT2D eigenvalue weighted by Gasteiger charge is -2.39. The van der Waals surface area contributed by atoms with E-state index in [-0.39, 0.29) is 11.3 Å². The molecule has 3 rings (SSSR count). The molecule has 0 spiro atoms. The molecule has 24 heavy (non-hydrogen) atoms. The summed E-state index contributed by atoms with van der Waals surface area (Å²) in [6.45, 7) is 10.4. The summed E-state index contributed by atoms with van der Waals surface area (Å²) in [5.74, 6) is 0.427. The zero-order chi connectivity index (χ0) is 17.6. The summed E-state index contributed by atoms with van der Waals surface area (Å²) in [5, 5.41) is 4.40. The Morgan fingerprint density at radius 2 is 1.92 bits per heavy atom. The molecule has 126 valence electrons. The number of halogens is 1. The van der Waals surface area contributed by atoms with Crippen LogP contribution in [0.2, 0.25) is 5.02 Å². The Morgan fingerprint density at radius 1 is 1.25 bits per heavy atom. The molecule has 0 saturated heterocycles. The summed E-state index contributed by atoms with van der Waals surface area (Å²) in [4.78, 5) is 12.0. The molecule has 0 saturated carbocycles. The van der Waals surface area contributed by atoms with Gasteiger partial charge in [0.15, 0.2) is 5.78 Å². The normalized spacial score (nSPS) is 18.7. The number of ketones is 1. The minimum absolute atomic E-state index is 0.0549. The molecule has 3 heteroatoms. The van der Waals surface area contributed by atoms with E-state index < -0.39 is 0 Å². The number of fused-ring (bicyclic) bond motifs is 1. The molecule has 0 aromatic heterocycles. The number of carbonyl (C=O) groups excluding carboxylic acids is 1. The maximum Gasteiger partial charge on any atom is 0.160 e. The van der Waals surface area contributed by atoms with Gasteiger partial charge in [-0.2, -0.15) is 0 Å². The molecular weight excluding hydrogens is 318 g/mol. The highest BCUT2D eigenvalue weighted by Crippen LogP contribution is 2.47. The number of rotatable bonds is 2. The van der Waals surface area contributed by atoms with E-state index in [2.05, 4.69) is 39.1 Å². The van der Waals surface area contributed by atoms with Crippen molar-refractivity contribution in [3.05, 3.63) is 52.0 Å². The van der Waals surface area contributed by atoms with Gasteiger partial charge in [0.1, 0.15) is 0 Å². The number of anilines is 1. The molecule has 0 aliphatic carbocycles. The van der Waals surface area contributed by atoms with Crippen molar-refractivity contribution >= 4 is 23.1 Å². The van der Waals surface area contributed by atoms with Crippen molar-refractivity contribution in [1.82, 2.24) is 0 Å². The van der Waals surface area contributed by atoms with E-state index in [1.807, 2.05) is 24.3 Å². The molecule has 1 heterocycles. The van der Waals surface area contributed by atoms with Crippen molar-refractivity contribution in [2.24, 2.45) is 0 Å². The van der Waals surface area contributed by atoms with Crippen LogP contribution in [0, 0.1) is 6.92 Å². The fourth-order valence-electron chi connectivity index (χ4n) is 3.93. The Hall–Kier alpha value is -1.80. The summed E-state index contributed by atoms with van der Waals surface area (Å²) in [7, 11) is 0. The third-order valence-electron chi connectivity index (χ3n) is 4.87. The van der Waals surface area contributed by atoms with E-state index in [4.69, 9.17) is 11.6 Å². The second-order valence-electron chi connectivity index (χ2n) is 7.56. The fourth-order valence-corrected chi connectivity index (χ4v) is 4.36. The highest BCUT2D eigenvalue weighted by molar-refractivity contribution is 6.35. The first-order valence-electron chi connectivity index (χ1n) is 8.43. The fraction of sp³-hybridized carbons (Fsp3) is 0.381. The topological polar surface area (TPSA) is 29.1 Å². The van der Waals surface area contributed by atoms with Crippen LogP contribution in [-0.2, 0) is 0 Å². The van der Waals surface area contributed by atoms with Crippen LogP contribution in [-0.4, -0.2) is 11.3 Å². The third kappa shape index (κ3) is 2.84. The number of aryl methyl sites for hydroxylation is 1. The van der Waals surface area contributed by atoms with Crippen LogP contribution in [0.25, 0.3) is 11.1 Å². The van der Waals surface area contributed by atoms with Gasteiger partial charge in [0, 0.05) is 22.4 Å². The molecule has 0 bridgehead atoms. The molecule has 0 radical (unpaired) electrons. The third-order valence-corrected chi connectivity index (χ3v) is 5.27. The highest BCUT2D eigenvalue weighted by atomic mass is 35.5. The number of hydrogen-bond donors (Lipinski definition) is 1. The van der Waals surface area contributed by atoms with Crippen LogP contribution in [0.4, 0.5) is 5.69 Å². The molecular formula is C21H24ClNO. The van der Waals surface area contributed by atoms with Crippen molar-refractivity contribution in [2.75, 3.05) is 5.32 Å². The number of benzene rings is 2. The molecule has 1 atom stereocenters. The van der Waals surface area contributed by atoms with Crippen molar-refractivity contribution in [3.8, 4) is 11.1 Å². The summed E-state index contributed by atoms with van der Waals surface area (Å²) < 4.78 is 0. The first kappa shape index (κ1) is 17.0. The van der Waals surface area contributed by atoms with E-state index in [1.165, 1.54) is 11.1 Å². The smallest absolute Gasteiger partial charge is 0.160 e. The van der Waals surface area contributed by atoms with Gasteiger partial charge >= 0.3 is 0 Å². The standard InChI is InChI=1S/C21H24ClNO/c1-12-10-17(16-9-7-6-8-15(16)14(3)24)19(22)18-13(2)11-21(4,5)23-20(12)18/h6-10,13,23H,11H2,1-5H3.